The third kappa shape index (κ3) is 2.79. The molecule has 0 rings (SSSR count). The van der Waals surface area contributed by atoms with Crippen LogP contribution in [0.2, 0.25) is 0 Å². The predicted octanol–water partition coefficient (Wildman–Crippen LogP) is 0.0985. The van der Waals surface area contributed by atoms with E-state index < -0.39 is 27.5 Å². The van der Waals surface area contributed by atoms with Gasteiger partial charge in [-0.2, -0.15) is 8.78 Å². The first-order chi connectivity index (χ1) is 4.67. The van der Waals surface area contributed by atoms with Gasteiger partial charge in [-0.15, -0.1) is 0 Å². The molecule has 0 aromatic carbocycles. The number of halogens is 2. The minimum atomic E-state index is -4.61. The van der Waals surface area contributed by atoms with Crippen LogP contribution in [0.1, 0.15) is 6.42 Å². The molecular formula is C4H6F2O4S. The maximum atomic E-state index is 12.2. The fourth-order valence-electron chi connectivity index (χ4n) is 0.307. The lowest BCUT2D eigenvalue weighted by atomic mass is 10.5. The van der Waals surface area contributed by atoms with Gasteiger partial charge in [0.1, 0.15) is 6.42 Å². The van der Waals surface area contributed by atoms with Gasteiger partial charge >= 0.3 is 11.2 Å². The Hall–Kier alpha value is -0.720. The minimum absolute atomic E-state index is 0.288. The number of carbonyl (C=O) groups is 1. The Kier molecular flexibility index (Phi) is 2.55. The summed E-state index contributed by atoms with van der Waals surface area (Å²) in [7, 11) is -4.61. The van der Waals surface area contributed by atoms with Gasteiger partial charge in [0.05, 0.1) is 0 Å². The van der Waals surface area contributed by atoms with E-state index in [4.69, 9.17) is 5.11 Å². The highest BCUT2D eigenvalue weighted by Crippen LogP contribution is 2.24. The van der Waals surface area contributed by atoms with Crippen molar-refractivity contribution in [1.29, 1.82) is 0 Å². The van der Waals surface area contributed by atoms with Crippen molar-refractivity contribution >= 4 is 15.8 Å². The van der Waals surface area contributed by atoms with Crippen LogP contribution >= 0.6 is 0 Å². The summed E-state index contributed by atoms with van der Waals surface area (Å²) in [6, 6.07) is 0. The molecule has 11 heavy (non-hydrogen) atoms. The fraction of sp³-hybridized carbons (Fsp3) is 0.750. The molecular weight excluding hydrogens is 182 g/mol. The second kappa shape index (κ2) is 2.72. The first-order valence-corrected chi connectivity index (χ1v) is 4.35. The fourth-order valence-corrected chi connectivity index (χ4v) is 0.693. The molecule has 0 amide bonds. The van der Waals surface area contributed by atoms with Gasteiger partial charge in [0.2, 0.25) is 9.84 Å². The maximum absolute atomic E-state index is 12.2. The van der Waals surface area contributed by atoms with E-state index in [9.17, 15) is 22.0 Å². The first-order valence-electron chi connectivity index (χ1n) is 2.46. The zero-order chi connectivity index (χ0) is 9.28. The first kappa shape index (κ1) is 10.3. The van der Waals surface area contributed by atoms with Crippen LogP contribution in [0.15, 0.2) is 0 Å². The third-order valence-corrected chi connectivity index (χ3v) is 2.13. The lowest BCUT2D eigenvalue weighted by Gasteiger charge is -2.10. The van der Waals surface area contributed by atoms with Crippen molar-refractivity contribution < 1.29 is 27.1 Å². The van der Waals surface area contributed by atoms with E-state index >= 15 is 0 Å². The average Bonchev–Trinajstić information content (AvgIpc) is 1.56. The normalized spacial score (nSPS) is 13.0. The lowest BCUT2D eigenvalue weighted by molar-refractivity contribution is -0.141. The molecule has 0 saturated carbocycles. The van der Waals surface area contributed by atoms with E-state index in [1.165, 1.54) is 0 Å². The van der Waals surface area contributed by atoms with Crippen LogP contribution in [-0.4, -0.2) is 31.0 Å². The Balaban J connectivity index is 4.62. The van der Waals surface area contributed by atoms with Gasteiger partial charge in [-0.25, -0.2) is 8.42 Å². The molecule has 4 nitrogen and oxygen atoms in total. The van der Waals surface area contributed by atoms with Crippen LogP contribution in [0.5, 0.6) is 0 Å². The van der Waals surface area contributed by atoms with Crippen LogP contribution in [0.25, 0.3) is 0 Å². The molecule has 0 spiro atoms. The number of hydrogen-bond donors (Lipinski definition) is 1. The molecule has 0 aromatic rings. The number of carboxylic acids is 1. The molecule has 7 heteroatoms. The van der Waals surface area contributed by atoms with Crippen molar-refractivity contribution in [1.82, 2.24) is 0 Å². The average molecular weight is 188 g/mol. The Labute approximate surface area is 61.7 Å². The van der Waals surface area contributed by atoms with Crippen LogP contribution < -0.4 is 0 Å². The quantitative estimate of drug-likeness (QED) is 0.681. The van der Waals surface area contributed by atoms with Crippen molar-refractivity contribution in [2.45, 2.75) is 11.7 Å². The zero-order valence-corrected chi connectivity index (χ0v) is 6.36. The number of aliphatic carboxylic acids is 1. The van der Waals surface area contributed by atoms with E-state index in [0.29, 0.717) is 0 Å². The number of hydrogen-bond acceptors (Lipinski definition) is 3. The number of carboxylic acid groups (broad SMARTS) is 1. The van der Waals surface area contributed by atoms with Gasteiger partial charge in [0.15, 0.2) is 0 Å². The van der Waals surface area contributed by atoms with Gasteiger partial charge in [0.25, 0.3) is 0 Å². The highest BCUT2D eigenvalue weighted by atomic mass is 32.2. The van der Waals surface area contributed by atoms with Gasteiger partial charge < -0.3 is 5.11 Å². The standard InChI is InChI=1S/C4H6F2O4S/c1-11(9,10)4(5,6)2-3(7)8/h2H2,1H3,(H,7,8). The molecule has 1 N–H and O–H groups in total. The summed E-state index contributed by atoms with van der Waals surface area (Å²) < 4.78 is 44.8. The van der Waals surface area contributed by atoms with Crippen molar-refractivity contribution in [3.05, 3.63) is 0 Å². The molecule has 0 fully saturated rings. The van der Waals surface area contributed by atoms with E-state index in [0.717, 1.165) is 0 Å². The van der Waals surface area contributed by atoms with Crippen LogP contribution in [-0.2, 0) is 14.6 Å². The smallest absolute Gasteiger partial charge is 0.355 e. The summed E-state index contributed by atoms with van der Waals surface area (Å²) in [6.45, 7) is 0. The molecule has 0 unspecified atom stereocenters. The molecule has 0 aliphatic carbocycles. The molecule has 0 heterocycles. The second-order valence-electron chi connectivity index (χ2n) is 1.98. The summed E-state index contributed by atoms with van der Waals surface area (Å²) in [6.07, 6.45) is -1.40. The Morgan fingerprint density at radius 3 is 2.00 bits per heavy atom. The molecule has 66 valence electrons. The lowest BCUT2D eigenvalue weighted by Crippen LogP contribution is -2.30. The summed E-state index contributed by atoms with van der Waals surface area (Å²) in [5.74, 6) is -1.85. The SMILES string of the molecule is CS(=O)(=O)C(F)(F)CC(=O)O. The van der Waals surface area contributed by atoms with E-state index in [2.05, 4.69) is 0 Å². The molecule has 0 aliphatic rings. The molecule has 0 atom stereocenters. The molecule has 0 saturated heterocycles. The molecule has 0 aliphatic heterocycles. The number of sulfone groups is 1. The molecule has 0 bridgehead atoms. The van der Waals surface area contributed by atoms with Gasteiger partial charge in [-0.05, 0) is 0 Å². The highest BCUT2D eigenvalue weighted by molar-refractivity contribution is 7.91. The minimum Gasteiger partial charge on any atom is -0.481 e. The monoisotopic (exact) mass is 188 g/mol. The Morgan fingerprint density at radius 2 is 1.91 bits per heavy atom. The summed E-state index contributed by atoms with van der Waals surface area (Å²) >= 11 is 0. The van der Waals surface area contributed by atoms with E-state index in [-0.39, 0.29) is 6.26 Å². The molecule has 0 aromatic heterocycles. The van der Waals surface area contributed by atoms with Gasteiger partial charge in [-0.3, -0.25) is 4.79 Å². The topological polar surface area (TPSA) is 71.4 Å². The van der Waals surface area contributed by atoms with E-state index in [1.807, 2.05) is 0 Å². The summed E-state index contributed by atoms with van der Waals surface area (Å²) in [4.78, 5) is 9.72. The van der Waals surface area contributed by atoms with Crippen LogP contribution in [0.3, 0.4) is 0 Å². The summed E-state index contributed by atoms with van der Waals surface area (Å²) in [5.41, 5.74) is 0. The number of alkyl halides is 2. The van der Waals surface area contributed by atoms with Crippen molar-refractivity contribution in [3.8, 4) is 0 Å². The summed E-state index contributed by atoms with van der Waals surface area (Å²) in [5, 5.41) is 3.70. The maximum Gasteiger partial charge on any atom is 0.355 e. The third-order valence-electron chi connectivity index (χ3n) is 0.900. The van der Waals surface area contributed by atoms with Crippen molar-refractivity contribution in [2.24, 2.45) is 0 Å². The van der Waals surface area contributed by atoms with Crippen molar-refractivity contribution in [3.63, 3.8) is 0 Å². The second-order valence-corrected chi connectivity index (χ2v) is 4.12. The number of rotatable bonds is 3. The van der Waals surface area contributed by atoms with Gasteiger partial charge in [-0.1, -0.05) is 0 Å². The van der Waals surface area contributed by atoms with Crippen molar-refractivity contribution in [2.75, 3.05) is 6.26 Å². The zero-order valence-electron chi connectivity index (χ0n) is 5.54. The predicted molar refractivity (Wildman–Crippen MR) is 32.0 cm³/mol. The van der Waals surface area contributed by atoms with Crippen LogP contribution in [0, 0.1) is 0 Å². The van der Waals surface area contributed by atoms with Gasteiger partial charge in [0, 0.05) is 6.26 Å². The highest BCUT2D eigenvalue weighted by Gasteiger charge is 2.43. The Morgan fingerprint density at radius 1 is 1.55 bits per heavy atom. The Bertz CT molecular complexity index is 255. The van der Waals surface area contributed by atoms with Crippen LogP contribution in [0.4, 0.5) is 8.78 Å². The van der Waals surface area contributed by atoms with E-state index in [1.54, 1.807) is 0 Å². The largest absolute Gasteiger partial charge is 0.481 e. The molecule has 0 radical (unpaired) electrons.